The van der Waals surface area contributed by atoms with Crippen LogP contribution in [0, 0.1) is 0 Å². The highest BCUT2D eigenvalue weighted by Crippen LogP contribution is 2.32. The van der Waals surface area contributed by atoms with Crippen LogP contribution in [0.2, 0.25) is 0 Å². The Hall–Kier alpha value is -3.28. The van der Waals surface area contributed by atoms with Crippen molar-refractivity contribution in [2.45, 2.75) is 0 Å². The van der Waals surface area contributed by atoms with Crippen molar-refractivity contribution in [1.82, 2.24) is 0 Å². The Balaban J connectivity index is 1.64. The maximum Gasteiger partial charge on any atom is 0.341 e. The zero-order chi connectivity index (χ0) is 16.9. The molecule has 2 aromatic rings. The summed E-state index contributed by atoms with van der Waals surface area (Å²) in [6, 6.07) is 11.8. The number of ether oxygens (including phenoxy) is 3. The molecule has 0 bridgehead atoms. The summed E-state index contributed by atoms with van der Waals surface area (Å²) in [4.78, 5) is 22.6. The van der Waals surface area contributed by atoms with Crippen molar-refractivity contribution >= 4 is 17.8 Å². The highest BCUT2D eigenvalue weighted by Gasteiger charge is 2.15. The smallest absolute Gasteiger partial charge is 0.341 e. The minimum Gasteiger partial charge on any atom is -0.482 e. The number of carbonyl (C=O) groups excluding carboxylic acids is 1. The highest BCUT2D eigenvalue weighted by atomic mass is 16.7. The number of fused-ring (bicyclic) bond motifs is 1. The lowest BCUT2D eigenvalue weighted by Gasteiger charge is -2.03. The number of hydrogen-bond acceptors (Lipinski definition) is 5. The normalized spacial score (nSPS) is 12.3. The number of carboxylic acid groups (broad SMARTS) is 1. The van der Waals surface area contributed by atoms with Crippen molar-refractivity contribution in [3.63, 3.8) is 0 Å². The van der Waals surface area contributed by atoms with Gasteiger partial charge in [-0.05, 0) is 42.0 Å². The largest absolute Gasteiger partial charge is 0.482 e. The van der Waals surface area contributed by atoms with Gasteiger partial charge in [0, 0.05) is 5.56 Å². The number of benzene rings is 2. The van der Waals surface area contributed by atoms with Crippen molar-refractivity contribution in [2.75, 3.05) is 13.4 Å². The zero-order valence-electron chi connectivity index (χ0n) is 12.6. The predicted molar refractivity (Wildman–Crippen MR) is 85.5 cm³/mol. The fourth-order valence-corrected chi connectivity index (χ4v) is 2.14. The molecule has 1 aliphatic rings. The van der Waals surface area contributed by atoms with Crippen molar-refractivity contribution in [1.29, 1.82) is 0 Å². The van der Waals surface area contributed by atoms with E-state index in [9.17, 15) is 9.59 Å². The van der Waals surface area contributed by atoms with Crippen LogP contribution in [0.3, 0.4) is 0 Å². The molecule has 1 N–H and O–H groups in total. The van der Waals surface area contributed by atoms with Crippen LogP contribution in [-0.4, -0.2) is 30.3 Å². The van der Waals surface area contributed by atoms with Gasteiger partial charge in [0.05, 0.1) is 0 Å². The summed E-state index contributed by atoms with van der Waals surface area (Å²) in [5.41, 5.74) is 1.31. The van der Waals surface area contributed by atoms with E-state index in [1.165, 1.54) is 6.08 Å². The molecule has 0 aliphatic carbocycles. The number of ketones is 1. The fraction of sp³-hybridized carbons (Fsp3) is 0.111. The summed E-state index contributed by atoms with van der Waals surface area (Å²) in [6.45, 7) is -0.225. The summed E-state index contributed by atoms with van der Waals surface area (Å²) < 4.78 is 15.5. The lowest BCUT2D eigenvalue weighted by Crippen LogP contribution is -2.09. The lowest BCUT2D eigenvalue weighted by molar-refractivity contribution is -0.139. The summed E-state index contributed by atoms with van der Waals surface area (Å²) in [5, 5.41) is 8.55. The molecule has 0 radical (unpaired) electrons. The Morgan fingerprint density at radius 3 is 2.58 bits per heavy atom. The SMILES string of the molecule is O=C(O)COc1ccc(/C=C/C(=O)c2ccc3c(c2)OCO3)cc1. The molecular weight excluding hydrogens is 312 g/mol. The Kier molecular flexibility index (Phi) is 4.47. The molecule has 2 aromatic carbocycles. The van der Waals surface area contributed by atoms with Crippen LogP contribution in [0.15, 0.2) is 48.5 Å². The molecule has 0 aromatic heterocycles. The number of aliphatic carboxylic acids is 1. The van der Waals surface area contributed by atoms with Crippen LogP contribution in [0.1, 0.15) is 15.9 Å². The molecule has 6 nitrogen and oxygen atoms in total. The average molecular weight is 326 g/mol. The van der Waals surface area contributed by atoms with Gasteiger partial charge in [-0.3, -0.25) is 4.79 Å². The summed E-state index contributed by atoms with van der Waals surface area (Å²) in [7, 11) is 0. The number of carbonyl (C=O) groups is 2. The van der Waals surface area contributed by atoms with Gasteiger partial charge in [0.2, 0.25) is 6.79 Å². The van der Waals surface area contributed by atoms with Gasteiger partial charge in [0.15, 0.2) is 23.9 Å². The molecule has 24 heavy (non-hydrogen) atoms. The molecule has 0 fully saturated rings. The standard InChI is InChI=1S/C18H14O6/c19-15(13-4-8-16-17(9-13)24-11-23-16)7-3-12-1-5-14(6-2-12)22-10-18(20)21/h1-9H,10-11H2,(H,20,21)/b7-3+. The first-order valence-electron chi connectivity index (χ1n) is 7.18. The quantitative estimate of drug-likeness (QED) is 0.649. The lowest BCUT2D eigenvalue weighted by atomic mass is 10.1. The van der Waals surface area contributed by atoms with Crippen molar-refractivity contribution < 1.29 is 28.9 Å². The average Bonchev–Trinajstić information content (AvgIpc) is 3.06. The number of carboxylic acids is 1. The van der Waals surface area contributed by atoms with Crippen LogP contribution in [0.4, 0.5) is 0 Å². The molecule has 0 spiro atoms. The third-order valence-corrected chi connectivity index (χ3v) is 3.33. The molecule has 0 amide bonds. The molecule has 0 unspecified atom stereocenters. The fourth-order valence-electron chi connectivity index (χ4n) is 2.14. The van der Waals surface area contributed by atoms with E-state index in [1.807, 2.05) is 0 Å². The second-order valence-electron chi connectivity index (χ2n) is 5.02. The molecule has 6 heteroatoms. The first-order valence-corrected chi connectivity index (χ1v) is 7.18. The van der Waals surface area contributed by atoms with E-state index >= 15 is 0 Å². The molecule has 0 saturated heterocycles. The first kappa shape index (κ1) is 15.6. The third-order valence-electron chi connectivity index (χ3n) is 3.33. The van der Waals surface area contributed by atoms with Crippen molar-refractivity contribution in [2.24, 2.45) is 0 Å². The van der Waals surface area contributed by atoms with E-state index in [4.69, 9.17) is 19.3 Å². The number of hydrogen-bond donors (Lipinski definition) is 1. The molecule has 0 saturated carbocycles. The van der Waals surface area contributed by atoms with Crippen molar-refractivity contribution in [3.8, 4) is 17.2 Å². The monoisotopic (exact) mass is 326 g/mol. The van der Waals surface area contributed by atoms with Gasteiger partial charge in [-0.2, -0.15) is 0 Å². The van der Waals surface area contributed by atoms with Crippen LogP contribution in [0.5, 0.6) is 17.2 Å². The van der Waals surface area contributed by atoms with E-state index in [1.54, 1.807) is 48.5 Å². The van der Waals surface area contributed by atoms with Gasteiger partial charge in [0.25, 0.3) is 0 Å². The van der Waals surface area contributed by atoms with Gasteiger partial charge in [-0.25, -0.2) is 4.79 Å². The van der Waals surface area contributed by atoms with Crippen LogP contribution in [-0.2, 0) is 4.79 Å². The van der Waals surface area contributed by atoms with Gasteiger partial charge in [-0.15, -0.1) is 0 Å². The number of allylic oxidation sites excluding steroid dienone is 1. The van der Waals surface area contributed by atoms with E-state index in [2.05, 4.69) is 0 Å². The van der Waals surface area contributed by atoms with Gasteiger partial charge in [0.1, 0.15) is 5.75 Å². The minimum atomic E-state index is -1.03. The van der Waals surface area contributed by atoms with E-state index in [0.717, 1.165) is 5.56 Å². The maximum absolute atomic E-state index is 12.2. The van der Waals surface area contributed by atoms with E-state index in [-0.39, 0.29) is 12.6 Å². The van der Waals surface area contributed by atoms with E-state index in [0.29, 0.717) is 22.8 Å². The minimum absolute atomic E-state index is 0.153. The second-order valence-corrected chi connectivity index (χ2v) is 5.02. The third kappa shape index (κ3) is 3.73. The molecule has 122 valence electrons. The Bertz CT molecular complexity index is 792. The predicted octanol–water partition coefficient (Wildman–Crippen LogP) is 2.77. The van der Waals surface area contributed by atoms with Gasteiger partial charge >= 0.3 is 5.97 Å². The summed E-state index contributed by atoms with van der Waals surface area (Å²) in [6.07, 6.45) is 3.14. The number of rotatable bonds is 6. The highest BCUT2D eigenvalue weighted by molar-refractivity contribution is 6.07. The molecule has 3 rings (SSSR count). The summed E-state index contributed by atoms with van der Waals surface area (Å²) in [5.74, 6) is 0.464. The first-order chi connectivity index (χ1) is 11.6. The Labute approximate surface area is 137 Å². The Morgan fingerprint density at radius 1 is 1.08 bits per heavy atom. The molecule has 1 heterocycles. The van der Waals surface area contributed by atoms with Gasteiger partial charge in [-0.1, -0.05) is 18.2 Å². The molecule has 0 atom stereocenters. The topological polar surface area (TPSA) is 82.1 Å². The maximum atomic E-state index is 12.2. The summed E-state index contributed by atoms with van der Waals surface area (Å²) >= 11 is 0. The second kappa shape index (κ2) is 6.87. The van der Waals surface area contributed by atoms with Crippen LogP contribution < -0.4 is 14.2 Å². The van der Waals surface area contributed by atoms with Crippen LogP contribution in [0.25, 0.3) is 6.08 Å². The van der Waals surface area contributed by atoms with E-state index < -0.39 is 12.6 Å². The van der Waals surface area contributed by atoms with Crippen LogP contribution >= 0.6 is 0 Å². The zero-order valence-corrected chi connectivity index (χ0v) is 12.6. The molecule has 1 aliphatic heterocycles. The van der Waals surface area contributed by atoms with Crippen molar-refractivity contribution in [3.05, 3.63) is 59.7 Å². The molecular formula is C18H14O6. The Morgan fingerprint density at radius 2 is 1.83 bits per heavy atom. The van der Waals surface area contributed by atoms with Gasteiger partial charge < -0.3 is 19.3 Å².